The van der Waals surface area contributed by atoms with Crippen LogP contribution in [0.4, 0.5) is 0 Å². The van der Waals surface area contributed by atoms with Crippen molar-refractivity contribution >= 4 is 28.3 Å². The number of fused-ring (bicyclic) bond motifs is 1. The number of carbonyl (C=O) groups is 1. The number of hydrogen-bond donors (Lipinski definition) is 1. The van der Waals surface area contributed by atoms with Crippen molar-refractivity contribution in [2.45, 2.75) is 0 Å². The molecule has 0 atom stereocenters. The van der Waals surface area contributed by atoms with E-state index in [0.717, 1.165) is 11.0 Å². The van der Waals surface area contributed by atoms with E-state index in [1.54, 1.807) is 17.1 Å². The van der Waals surface area contributed by atoms with E-state index >= 15 is 0 Å². The zero-order valence-corrected chi connectivity index (χ0v) is 9.65. The lowest BCUT2D eigenvalue weighted by Crippen LogP contribution is -2.20. The Kier molecular flexibility index (Phi) is 2.38. The Bertz CT molecular complexity index is 657. The van der Waals surface area contributed by atoms with Crippen LogP contribution in [0.2, 0.25) is 0 Å². The average Bonchev–Trinajstić information content (AvgIpc) is 2.98. The van der Waals surface area contributed by atoms with Crippen molar-refractivity contribution in [1.29, 1.82) is 0 Å². The minimum Gasteiger partial charge on any atom is -0.266 e. The predicted molar refractivity (Wildman–Crippen MR) is 67.7 cm³/mol. The number of nitrogens with one attached hydrogen (secondary N) is 1. The van der Waals surface area contributed by atoms with Crippen LogP contribution >= 0.6 is 11.3 Å². The lowest BCUT2D eigenvalue weighted by Gasteiger charge is -2.04. The average molecular weight is 243 g/mol. The number of benzene rings is 1. The molecule has 0 spiro atoms. The minimum atomic E-state index is -0.122. The molecule has 3 aromatic rings. The van der Waals surface area contributed by atoms with Gasteiger partial charge in [0.2, 0.25) is 0 Å². The van der Waals surface area contributed by atoms with E-state index in [0.29, 0.717) is 4.88 Å². The molecule has 0 saturated carbocycles. The van der Waals surface area contributed by atoms with E-state index in [2.05, 4.69) is 10.4 Å². The second-order valence-electron chi connectivity index (χ2n) is 3.52. The minimum absolute atomic E-state index is 0.122. The summed E-state index contributed by atoms with van der Waals surface area (Å²) in [5, 5.41) is 1.88. The Balaban J connectivity index is 1.93. The van der Waals surface area contributed by atoms with E-state index in [-0.39, 0.29) is 5.91 Å². The number of nitrogens with zero attached hydrogens (tertiary/aromatic N) is 2. The number of para-hydroxylation sites is 2. The summed E-state index contributed by atoms with van der Waals surface area (Å²) in [5.41, 5.74) is 4.54. The molecular formula is C12H9N3OS. The fourth-order valence-electron chi connectivity index (χ4n) is 1.62. The van der Waals surface area contributed by atoms with Crippen molar-refractivity contribution in [1.82, 2.24) is 9.66 Å². The summed E-state index contributed by atoms with van der Waals surface area (Å²) in [6.07, 6.45) is 1.61. The summed E-state index contributed by atoms with van der Waals surface area (Å²) >= 11 is 1.41. The Labute approximate surface area is 101 Å². The topological polar surface area (TPSA) is 46.9 Å². The highest BCUT2D eigenvalue weighted by Crippen LogP contribution is 2.12. The number of hydrogen-bond acceptors (Lipinski definition) is 3. The van der Waals surface area contributed by atoms with Crippen molar-refractivity contribution in [2.24, 2.45) is 0 Å². The van der Waals surface area contributed by atoms with Crippen molar-refractivity contribution in [3.05, 3.63) is 53.0 Å². The molecule has 84 valence electrons. The maximum Gasteiger partial charge on any atom is 0.280 e. The van der Waals surface area contributed by atoms with Crippen LogP contribution in [-0.2, 0) is 0 Å². The largest absolute Gasteiger partial charge is 0.280 e. The first-order valence-corrected chi connectivity index (χ1v) is 5.99. The molecule has 17 heavy (non-hydrogen) atoms. The third-order valence-electron chi connectivity index (χ3n) is 2.42. The third-order valence-corrected chi connectivity index (χ3v) is 3.29. The first-order chi connectivity index (χ1) is 8.34. The zero-order valence-electron chi connectivity index (χ0n) is 8.83. The van der Waals surface area contributed by atoms with Gasteiger partial charge in [0.1, 0.15) is 6.33 Å². The van der Waals surface area contributed by atoms with Gasteiger partial charge in [-0.2, -0.15) is 0 Å². The SMILES string of the molecule is O=C(Nn1cnc2ccccc21)c1cccs1. The molecular weight excluding hydrogens is 234 g/mol. The Morgan fingerprint density at radius 3 is 2.94 bits per heavy atom. The van der Waals surface area contributed by atoms with Crippen molar-refractivity contribution in [2.75, 3.05) is 5.43 Å². The number of rotatable bonds is 2. The molecule has 0 unspecified atom stereocenters. The predicted octanol–water partition coefficient (Wildman–Crippen LogP) is 2.48. The van der Waals surface area contributed by atoms with E-state index < -0.39 is 0 Å². The van der Waals surface area contributed by atoms with Gasteiger partial charge in [-0.05, 0) is 23.6 Å². The van der Waals surface area contributed by atoms with Gasteiger partial charge in [0, 0.05) is 0 Å². The fourth-order valence-corrected chi connectivity index (χ4v) is 2.23. The quantitative estimate of drug-likeness (QED) is 0.751. The van der Waals surface area contributed by atoms with Gasteiger partial charge in [-0.15, -0.1) is 11.3 Å². The van der Waals surface area contributed by atoms with Crippen LogP contribution in [0.1, 0.15) is 9.67 Å². The number of imidazole rings is 1. The molecule has 1 N–H and O–H groups in total. The number of aromatic nitrogens is 2. The van der Waals surface area contributed by atoms with Crippen LogP contribution in [0.5, 0.6) is 0 Å². The second-order valence-corrected chi connectivity index (χ2v) is 4.47. The molecule has 0 fully saturated rings. The van der Waals surface area contributed by atoms with Gasteiger partial charge >= 0.3 is 0 Å². The second kappa shape index (κ2) is 4.03. The molecule has 3 rings (SSSR count). The summed E-state index contributed by atoms with van der Waals surface area (Å²) in [6.45, 7) is 0. The first-order valence-electron chi connectivity index (χ1n) is 5.11. The van der Waals surface area contributed by atoms with Crippen LogP contribution in [0.15, 0.2) is 48.1 Å². The summed E-state index contributed by atoms with van der Waals surface area (Å²) in [6, 6.07) is 11.3. The molecule has 0 bridgehead atoms. The van der Waals surface area contributed by atoms with Gasteiger partial charge in [-0.1, -0.05) is 18.2 Å². The summed E-state index contributed by atoms with van der Waals surface area (Å²) in [7, 11) is 0. The Hall–Kier alpha value is -2.14. The number of carbonyl (C=O) groups excluding carboxylic acids is 1. The van der Waals surface area contributed by atoms with Crippen LogP contribution in [0, 0.1) is 0 Å². The van der Waals surface area contributed by atoms with E-state index in [4.69, 9.17) is 0 Å². The third kappa shape index (κ3) is 1.81. The van der Waals surface area contributed by atoms with Crippen LogP contribution in [0.25, 0.3) is 11.0 Å². The molecule has 0 aliphatic carbocycles. The van der Waals surface area contributed by atoms with Crippen LogP contribution in [0.3, 0.4) is 0 Å². The maximum atomic E-state index is 11.9. The van der Waals surface area contributed by atoms with E-state index in [9.17, 15) is 4.79 Å². The fraction of sp³-hybridized carbons (Fsp3) is 0. The molecule has 2 heterocycles. The molecule has 2 aromatic heterocycles. The van der Waals surface area contributed by atoms with Crippen LogP contribution < -0.4 is 5.43 Å². The van der Waals surface area contributed by atoms with Gasteiger partial charge in [0.25, 0.3) is 5.91 Å². The highest BCUT2D eigenvalue weighted by Gasteiger charge is 2.08. The maximum absolute atomic E-state index is 11.9. The Morgan fingerprint density at radius 2 is 2.12 bits per heavy atom. The Morgan fingerprint density at radius 1 is 1.24 bits per heavy atom. The standard InChI is InChI=1S/C12H9N3OS/c16-12(11-6-3-7-17-11)14-15-8-13-9-4-1-2-5-10(9)15/h1-8H,(H,14,16). The highest BCUT2D eigenvalue weighted by atomic mass is 32.1. The normalized spacial score (nSPS) is 10.6. The van der Waals surface area contributed by atoms with Gasteiger partial charge < -0.3 is 0 Å². The zero-order chi connectivity index (χ0) is 11.7. The van der Waals surface area contributed by atoms with E-state index in [1.165, 1.54) is 11.3 Å². The first kappa shape index (κ1) is 10.0. The van der Waals surface area contributed by atoms with Gasteiger partial charge in [0.15, 0.2) is 0 Å². The highest BCUT2D eigenvalue weighted by molar-refractivity contribution is 7.12. The molecule has 0 saturated heterocycles. The molecule has 5 heteroatoms. The van der Waals surface area contributed by atoms with Crippen molar-refractivity contribution in [3.8, 4) is 0 Å². The summed E-state index contributed by atoms with van der Waals surface area (Å²) in [5.74, 6) is -0.122. The summed E-state index contributed by atoms with van der Waals surface area (Å²) in [4.78, 5) is 16.8. The van der Waals surface area contributed by atoms with E-state index in [1.807, 2.05) is 35.7 Å². The van der Waals surface area contributed by atoms with Crippen molar-refractivity contribution < 1.29 is 4.79 Å². The molecule has 1 amide bonds. The lowest BCUT2D eigenvalue weighted by atomic mass is 10.3. The van der Waals surface area contributed by atoms with Gasteiger partial charge in [0.05, 0.1) is 15.9 Å². The molecule has 4 nitrogen and oxygen atoms in total. The molecule has 0 aliphatic heterocycles. The molecule has 1 aromatic carbocycles. The molecule has 0 radical (unpaired) electrons. The monoisotopic (exact) mass is 243 g/mol. The smallest absolute Gasteiger partial charge is 0.266 e. The van der Waals surface area contributed by atoms with Gasteiger partial charge in [-0.25, -0.2) is 9.66 Å². The number of amides is 1. The lowest BCUT2D eigenvalue weighted by molar-refractivity contribution is 0.101. The van der Waals surface area contributed by atoms with Crippen LogP contribution in [-0.4, -0.2) is 15.6 Å². The summed E-state index contributed by atoms with van der Waals surface area (Å²) < 4.78 is 1.64. The van der Waals surface area contributed by atoms with Gasteiger partial charge in [-0.3, -0.25) is 10.2 Å². The molecule has 0 aliphatic rings. The van der Waals surface area contributed by atoms with Crippen molar-refractivity contribution in [3.63, 3.8) is 0 Å². The number of thiophene rings is 1.